The number of hydrogen-bond donors (Lipinski definition) is 0. The van der Waals surface area contributed by atoms with Crippen LogP contribution in [0.5, 0.6) is 0 Å². The SMILES string of the molecule is CCO/C(=C\P(=O)(OC)OC)CC1CCCCC1=O. The van der Waals surface area contributed by atoms with E-state index in [2.05, 4.69) is 0 Å². The van der Waals surface area contributed by atoms with Crippen LogP contribution in [0.25, 0.3) is 0 Å². The molecule has 0 saturated heterocycles. The topological polar surface area (TPSA) is 61.8 Å². The van der Waals surface area contributed by atoms with Crippen molar-refractivity contribution in [2.75, 3.05) is 20.8 Å². The summed E-state index contributed by atoms with van der Waals surface area (Å²) in [6.45, 7) is 2.31. The van der Waals surface area contributed by atoms with Gasteiger partial charge in [0.1, 0.15) is 11.5 Å². The number of Topliss-reactive ketones (excluding diaryl/α,β-unsaturated/α-hetero) is 1. The summed E-state index contributed by atoms with van der Waals surface area (Å²) in [6.07, 6.45) is 4.01. The largest absolute Gasteiger partial charge is 0.498 e. The molecule has 1 unspecified atom stereocenters. The van der Waals surface area contributed by atoms with Crippen molar-refractivity contribution in [3.63, 3.8) is 0 Å². The number of allylic oxidation sites excluding steroid dienone is 1. The molecule has 1 rings (SSSR count). The van der Waals surface area contributed by atoms with E-state index in [1.807, 2.05) is 6.92 Å². The Labute approximate surface area is 114 Å². The lowest BCUT2D eigenvalue weighted by Gasteiger charge is -2.22. The van der Waals surface area contributed by atoms with E-state index in [0.29, 0.717) is 25.2 Å². The maximum Gasteiger partial charge on any atom is 0.357 e. The Balaban J connectivity index is 2.79. The minimum atomic E-state index is -3.25. The highest BCUT2D eigenvalue weighted by Crippen LogP contribution is 2.49. The summed E-state index contributed by atoms with van der Waals surface area (Å²) in [7, 11) is -0.594. The van der Waals surface area contributed by atoms with Gasteiger partial charge in [0.25, 0.3) is 0 Å². The molecule has 0 heterocycles. The fraction of sp³-hybridized carbons (Fsp3) is 0.769. The molecule has 0 aromatic rings. The van der Waals surface area contributed by atoms with E-state index < -0.39 is 7.60 Å². The van der Waals surface area contributed by atoms with Crippen molar-refractivity contribution in [2.24, 2.45) is 5.92 Å². The van der Waals surface area contributed by atoms with Crippen LogP contribution in [0.2, 0.25) is 0 Å². The first-order valence-corrected chi connectivity index (χ1v) is 8.24. The Kier molecular flexibility index (Phi) is 6.76. The van der Waals surface area contributed by atoms with E-state index in [1.54, 1.807) is 0 Å². The third-order valence-electron chi connectivity index (χ3n) is 3.27. The van der Waals surface area contributed by atoms with Crippen molar-refractivity contribution in [3.05, 3.63) is 11.6 Å². The number of ether oxygens (including phenoxy) is 1. The van der Waals surface area contributed by atoms with Gasteiger partial charge in [-0.25, -0.2) is 0 Å². The molecule has 6 heteroatoms. The Morgan fingerprint density at radius 2 is 2.05 bits per heavy atom. The van der Waals surface area contributed by atoms with Gasteiger partial charge >= 0.3 is 7.60 Å². The molecule has 1 aliphatic carbocycles. The second kappa shape index (κ2) is 7.83. The molecule has 110 valence electrons. The Morgan fingerprint density at radius 3 is 2.58 bits per heavy atom. The highest BCUT2D eigenvalue weighted by Gasteiger charge is 2.26. The lowest BCUT2D eigenvalue weighted by atomic mass is 9.85. The minimum Gasteiger partial charge on any atom is -0.498 e. The summed E-state index contributed by atoms with van der Waals surface area (Å²) in [5.74, 6) is 2.14. The lowest BCUT2D eigenvalue weighted by molar-refractivity contribution is -0.124. The summed E-state index contributed by atoms with van der Waals surface area (Å²) in [4.78, 5) is 11.8. The Morgan fingerprint density at radius 1 is 1.37 bits per heavy atom. The summed E-state index contributed by atoms with van der Waals surface area (Å²) < 4.78 is 27.3. The van der Waals surface area contributed by atoms with Crippen molar-refractivity contribution in [1.82, 2.24) is 0 Å². The van der Waals surface area contributed by atoms with Crippen LogP contribution < -0.4 is 0 Å². The van der Waals surface area contributed by atoms with Crippen molar-refractivity contribution >= 4 is 13.4 Å². The van der Waals surface area contributed by atoms with Crippen LogP contribution in [-0.2, 0) is 23.1 Å². The fourth-order valence-corrected chi connectivity index (χ4v) is 3.10. The maximum absolute atomic E-state index is 12.1. The van der Waals surface area contributed by atoms with Gasteiger partial charge in [0.15, 0.2) is 0 Å². The molecule has 1 fully saturated rings. The van der Waals surface area contributed by atoms with Gasteiger partial charge in [-0.15, -0.1) is 0 Å². The normalized spacial score (nSPS) is 21.5. The second-order valence-electron chi connectivity index (χ2n) is 4.55. The van der Waals surface area contributed by atoms with Gasteiger partial charge < -0.3 is 13.8 Å². The molecule has 0 bridgehead atoms. The average molecular weight is 290 g/mol. The zero-order valence-electron chi connectivity index (χ0n) is 11.9. The van der Waals surface area contributed by atoms with E-state index >= 15 is 0 Å². The summed E-state index contributed by atoms with van der Waals surface area (Å²) in [5.41, 5.74) is 0. The van der Waals surface area contributed by atoms with Gasteiger partial charge in [-0.3, -0.25) is 9.36 Å². The molecule has 1 atom stereocenters. The van der Waals surface area contributed by atoms with Gasteiger partial charge in [-0.1, -0.05) is 6.42 Å². The standard InChI is InChI=1S/C13H23O5P/c1-4-18-12(10-19(15,16-2)17-3)9-11-7-5-6-8-13(11)14/h10-11H,4-9H2,1-3H3/b12-10-. The molecule has 19 heavy (non-hydrogen) atoms. The first kappa shape index (κ1) is 16.4. The van der Waals surface area contributed by atoms with Gasteiger partial charge in [0.05, 0.1) is 12.4 Å². The van der Waals surface area contributed by atoms with Crippen LogP contribution >= 0.6 is 7.60 Å². The Bertz CT molecular complexity index is 369. The minimum absolute atomic E-state index is 0.0336. The van der Waals surface area contributed by atoms with Crippen molar-refractivity contribution in [3.8, 4) is 0 Å². The van der Waals surface area contributed by atoms with Gasteiger partial charge in [0, 0.05) is 33.0 Å². The van der Waals surface area contributed by atoms with Crippen LogP contribution in [0.3, 0.4) is 0 Å². The van der Waals surface area contributed by atoms with E-state index in [1.165, 1.54) is 20.0 Å². The van der Waals surface area contributed by atoms with E-state index in [0.717, 1.165) is 19.3 Å². The molecule has 0 amide bonds. The van der Waals surface area contributed by atoms with E-state index in [9.17, 15) is 9.36 Å². The van der Waals surface area contributed by atoms with Crippen LogP contribution in [-0.4, -0.2) is 26.6 Å². The molecule has 0 N–H and O–H groups in total. The molecule has 1 saturated carbocycles. The summed E-state index contributed by atoms with van der Waals surface area (Å²) in [6, 6.07) is 0. The summed E-state index contributed by atoms with van der Waals surface area (Å²) >= 11 is 0. The molecular formula is C13H23O5P. The predicted octanol–water partition coefficient (Wildman–Crippen LogP) is 3.50. The fourth-order valence-electron chi connectivity index (χ4n) is 2.20. The molecule has 0 spiro atoms. The zero-order valence-corrected chi connectivity index (χ0v) is 12.8. The highest BCUT2D eigenvalue weighted by molar-refractivity contribution is 7.57. The van der Waals surface area contributed by atoms with Crippen LogP contribution in [0.4, 0.5) is 0 Å². The van der Waals surface area contributed by atoms with Crippen molar-refractivity contribution in [1.29, 1.82) is 0 Å². The monoisotopic (exact) mass is 290 g/mol. The highest BCUT2D eigenvalue weighted by atomic mass is 31.2. The quantitative estimate of drug-likeness (QED) is 0.530. The summed E-state index contributed by atoms with van der Waals surface area (Å²) in [5, 5.41) is 0. The third-order valence-corrected chi connectivity index (χ3v) is 4.89. The second-order valence-corrected chi connectivity index (χ2v) is 6.61. The number of hydrogen-bond acceptors (Lipinski definition) is 5. The third kappa shape index (κ3) is 5.09. The van der Waals surface area contributed by atoms with Crippen LogP contribution in [0.15, 0.2) is 11.6 Å². The first-order chi connectivity index (χ1) is 9.04. The van der Waals surface area contributed by atoms with Crippen molar-refractivity contribution < 1.29 is 23.1 Å². The number of carbonyl (C=O) groups excluding carboxylic acids is 1. The average Bonchev–Trinajstić information content (AvgIpc) is 2.41. The van der Waals surface area contributed by atoms with Gasteiger partial charge in [-0.05, 0) is 19.8 Å². The molecule has 1 aliphatic rings. The van der Waals surface area contributed by atoms with E-state index in [4.69, 9.17) is 13.8 Å². The van der Waals surface area contributed by atoms with Gasteiger partial charge in [0.2, 0.25) is 0 Å². The smallest absolute Gasteiger partial charge is 0.357 e. The maximum atomic E-state index is 12.1. The van der Waals surface area contributed by atoms with Crippen LogP contribution in [0, 0.1) is 5.92 Å². The predicted molar refractivity (Wildman–Crippen MR) is 72.9 cm³/mol. The first-order valence-electron chi connectivity index (χ1n) is 6.63. The Hall–Kier alpha value is -0.640. The zero-order chi connectivity index (χ0) is 14.3. The lowest BCUT2D eigenvalue weighted by Crippen LogP contribution is -2.20. The van der Waals surface area contributed by atoms with Gasteiger partial charge in [-0.2, -0.15) is 0 Å². The molecule has 0 aromatic carbocycles. The van der Waals surface area contributed by atoms with Crippen LogP contribution in [0.1, 0.15) is 39.0 Å². The number of ketones is 1. The number of carbonyl (C=O) groups is 1. The molecular weight excluding hydrogens is 267 g/mol. The number of rotatable bonds is 7. The molecule has 5 nitrogen and oxygen atoms in total. The molecule has 0 radical (unpaired) electrons. The molecule has 0 aromatic heterocycles. The van der Waals surface area contributed by atoms with Crippen molar-refractivity contribution in [2.45, 2.75) is 39.0 Å². The molecule has 0 aliphatic heterocycles. The van der Waals surface area contributed by atoms with E-state index in [-0.39, 0.29) is 11.7 Å².